The van der Waals surface area contributed by atoms with Crippen molar-refractivity contribution in [2.45, 2.75) is 0 Å². The lowest BCUT2D eigenvalue weighted by atomic mass is 10.0. The van der Waals surface area contributed by atoms with Crippen LogP contribution in [0.1, 0.15) is 21.0 Å². The maximum atomic E-state index is 13.8. The third kappa shape index (κ3) is 3.29. The van der Waals surface area contributed by atoms with Crippen molar-refractivity contribution >= 4 is 34.5 Å². The number of amides is 2. The molecule has 32 heavy (non-hydrogen) atoms. The molecule has 0 aliphatic heterocycles. The van der Waals surface area contributed by atoms with E-state index in [-0.39, 0.29) is 11.4 Å². The molecule has 2 aromatic heterocycles. The molecule has 0 spiro atoms. The second-order valence-corrected chi connectivity index (χ2v) is 7.09. The molecule has 8 heteroatoms. The van der Waals surface area contributed by atoms with Crippen molar-refractivity contribution in [2.75, 3.05) is 4.90 Å². The van der Waals surface area contributed by atoms with Gasteiger partial charge in [-0.05, 0) is 23.8 Å². The number of hydrogen-bond donors (Lipinski definition) is 3. The molecule has 0 radical (unpaired) electrons. The summed E-state index contributed by atoms with van der Waals surface area (Å²) in [6.45, 7) is 0. The number of H-pyrrole nitrogens is 2. The van der Waals surface area contributed by atoms with Crippen LogP contribution in [-0.4, -0.2) is 31.8 Å². The van der Waals surface area contributed by atoms with Gasteiger partial charge in [-0.2, -0.15) is 0 Å². The zero-order valence-electron chi connectivity index (χ0n) is 16.8. The van der Waals surface area contributed by atoms with Gasteiger partial charge in [0, 0.05) is 5.56 Å². The topological polar surface area (TPSA) is 121 Å². The Morgan fingerprint density at radius 3 is 2.38 bits per heavy atom. The van der Waals surface area contributed by atoms with Gasteiger partial charge in [0.15, 0.2) is 5.69 Å². The first-order chi connectivity index (χ1) is 15.6. The van der Waals surface area contributed by atoms with Gasteiger partial charge in [-0.1, -0.05) is 60.7 Å². The molecule has 0 saturated carbocycles. The summed E-state index contributed by atoms with van der Waals surface area (Å²) in [5.41, 5.74) is 9.12. The lowest BCUT2D eigenvalue weighted by molar-refractivity contribution is 0.0961. The lowest BCUT2D eigenvalue weighted by Gasteiger charge is -2.23. The van der Waals surface area contributed by atoms with Crippen molar-refractivity contribution < 1.29 is 9.59 Å². The Labute approximate surface area is 182 Å². The number of para-hydroxylation sites is 3. The first-order valence-electron chi connectivity index (χ1n) is 9.90. The van der Waals surface area contributed by atoms with Crippen LogP contribution in [0, 0.1) is 0 Å². The van der Waals surface area contributed by atoms with Crippen LogP contribution in [-0.2, 0) is 0 Å². The molecular formula is C24H18N6O2. The molecule has 2 amide bonds. The third-order valence-electron chi connectivity index (χ3n) is 5.11. The molecule has 156 valence electrons. The number of rotatable bonds is 5. The molecule has 2 heterocycles. The van der Waals surface area contributed by atoms with E-state index in [1.165, 1.54) is 11.2 Å². The number of carbonyl (C=O) groups is 2. The molecule has 0 saturated heterocycles. The van der Waals surface area contributed by atoms with Gasteiger partial charge in [-0.3, -0.25) is 9.59 Å². The van der Waals surface area contributed by atoms with Crippen molar-refractivity contribution in [2.24, 2.45) is 5.73 Å². The highest BCUT2D eigenvalue weighted by Gasteiger charge is 2.29. The molecule has 5 aromatic rings. The summed E-state index contributed by atoms with van der Waals surface area (Å²) >= 11 is 0. The lowest BCUT2D eigenvalue weighted by Crippen LogP contribution is -2.30. The highest BCUT2D eigenvalue weighted by Crippen LogP contribution is 2.36. The molecule has 0 aliphatic carbocycles. The number of aromatic amines is 2. The largest absolute Gasteiger partial charge is 0.364 e. The van der Waals surface area contributed by atoms with Crippen LogP contribution in [0.25, 0.3) is 22.2 Å². The van der Waals surface area contributed by atoms with Gasteiger partial charge in [0.2, 0.25) is 5.95 Å². The Morgan fingerprint density at radius 2 is 1.59 bits per heavy atom. The van der Waals surface area contributed by atoms with Crippen molar-refractivity contribution in [3.63, 3.8) is 0 Å². The van der Waals surface area contributed by atoms with Crippen molar-refractivity contribution in [3.05, 3.63) is 96.6 Å². The summed E-state index contributed by atoms with van der Waals surface area (Å²) in [6.07, 6.45) is 1.27. The summed E-state index contributed by atoms with van der Waals surface area (Å²) in [5, 5.41) is 0. The average molecular weight is 422 g/mol. The predicted molar refractivity (Wildman–Crippen MR) is 122 cm³/mol. The van der Waals surface area contributed by atoms with E-state index in [1.54, 1.807) is 0 Å². The minimum atomic E-state index is -0.796. The number of carbonyl (C=O) groups excluding carboxylic acids is 2. The van der Waals surface area contributed by atoms with E-state index in [0.717, 1.165) is 16.6 Å². The highest BCUT2D eigenvalue weighted by atomic mass is 16.2. The smallest absolute Gasteiger partial charge is 0.284 e. The molecule has 4 N–H and O–H groups in total. The van der Waals surface area contributed by atoms with Gasteiger partial charge in [0.1, 0.15) is 5.69 Å². The second kappa shape index (κ2) is 7.84. The standard InChI is InChI=1S/C24H18N6O2/c25-22(31)20-21(27-14-26-20)23(32)30(24-28-17-11-5-6-12-18(17)29-24)19-13-7-4-10-16(19)15-8-2-1-3-9-15/h1-14H,(H2,25,31)(H,26,27)(H,28,29). The Balaban J connectivity index is 1.74. The maximum absolute atomic E-state index is 13.8. The van der Waals surface area contributed by atoms with Crippen LogP contribution in [0.3, 0.4) is 0 Å². The van der Waals surface area contributed by atoms with E-state index in [2.05, 4.69) is 19.9 Å². The van der Waals surface area contributed by atoms with Crippen molar-refractivity contribution in [3.8, 4) is 11.1 Å². The number of anilines is 2. The number of nitrogens with two attached hydrogens (primary N) is 1. The first kappa shape index (κ1) is 19.3. The highest BCUT2D eigenvalue weighted by molar-refractivity contribution is 6.15. The number of aromatic nitrogens is 4. The third-order valence-corrected chi connectivity index (χ3v) is 5.11. The summed E-state index contributed by atoms with van der Waals surface area (Å²) in [4.78, 5) is 41.6. The number of imidazole rings is 2. The normalized spacial score (nSPS) is 10.9. The van der Waals surface area contributed by atoms with Crippen molar-refractivity contribution in [1.29, 1.82) is 0 Å². The zero-order valence-corrected chi connectivity index (χ0v) is 16.8. The van der Waals surface area contributed by atoms with Gasteiger partial charge in [0.25, 0.3) is 11.8 Å². The van der Waals surface area contributed by atoms with Crippen LogP contribution >= 0.6 is 0 Å². The van der Waals surface area contributed by atoms with E-state index in [4.69, 9.17) is 5.73 Å². The Bertz CT molecular complexity index is 1400. The van der Waals surface area contributed by atoms with E-state index < -0.39 is 11.8 Å². The fourth-order valence-electron chi connectivity index (χ4n) is 3.65. The van der Waals surface area contributed by atoms with Crippen molar-refractivity contribution in [1.82, 2.24) is 19.9 Å². The van der Waals surface area contributed by atoms with Gasteiger partial charge in [0.05, 0.1) is 23.0 Å². The van der Waals surface area contributed by atoms with E-state index in [0.29, 0.717) is 17.2 Å². The molecule has 0 fully saturated rings. The summed E-state index contributed by atoms with van der Waals surface area (Å²) in [6, 6.07) is 24.7. The number of benzene rings is 3. The quantitative estimate of drug-likeness (QED) is 0.396. The molecule has 3 aromatic carbocycles. The first-order valence-corrected chi connectivity index (χ1v) is 9.90. The number of nitrogens with zero attached hydrogens (tertiary/aromatic N) is 3. The molecule has 0 aliphatic rings. The summed E-state index contributed by atoms with van der Waals surface area (Å²) < 4.78 is 0. The van der Waals surface area contributed by atoms with E-state index in [1.807, 2.05) is 78.9 Å². The molecule has 0 unspecified atom stereocenters. The van der Waals surface area contributed by atoms with E-state index in [9.17, 15) is 9.59 Å². The average Bonchev–Trinajstić information content (AvgIpc) is 3.47. The van der Waals surface area contributed by atoms with Gasteiger partial charge < -0.3 is 15.7 Å². The van der Waals surface area contributed by atoms with Crippen LogP contribution in [0.2, 0.25) is 0 Å². The second-order valence-electron chi connectivity index (χ2n) is 7.09. The Morgan fingerprint density at radius 1 is 0.875 bits per heavy atom. The van der Waals surface area contributed by atoms with Gasteiger partial charge >= 0.3 is 0 Å². The molecule has 0 bridgehead atoms. The zero-order chi connectivity index (χ0) is 22.1. The van der Waals surface area contributed by atoms with Crippen LogP contribution in [0.15, 0.2) is 85.2 Å². The minimum Gasteiger partial charge on any atom is -0.364 e. The van der Waals surface area contributed by atoms with Crippen LogP contribution in [0.5, 0.6) is 0 Å². The van der Waals surface area contributed by atoms with Crippen LogP contribution in [0.4, 0.5) is 11.6 Å². The van der Waals surface area contributed by atoms with Gasteiger partial charge in [-0.15, -0.1) is 0 Å². The fraction of sp³-hybridized carbons (Fsp3) is 0. The van der Waals surface area contributed by atoms with Gasteiger partial charge in [-0.25, -0.2) is 14.9 Å². The summed E-state index contributed by atoms with van der Waals surface area (Å²) in [5.74, 6) is -1.00. The maximum Gasteiger partial charge on any atom is 0.284 e. The fourth-order valence-corrected chi connectivity index (χ4v) is 3.65. The predicted octanol–water partition coefficient (Wildman–Crippen LogP) is 4.03. The Hall–Kier alpha value is -4.72. The van der Waals surface area contributed by atoms with E-state index >= 15 is 0 Å². The summed E-state index contributed by atoms with van der Waals surface area (Å²) in [7, 11) is 0. The molecule has 8 nitrogen and oxygen atoms in total. The number of hydrogen-bond acceptors (Lipinski definition) is 4. The number of fused-ring (bicyclic) bond motifs is 1. The number of nitrogens with one attached hydrogen (secondary N) is 2. The molecule has 0 atom stereocenters. The molecule has 5 rings (SSSR count). The molecular weight excluding hydrogens is 404 g/mol. The minimum absolute atomic E-state index is 0.0131. The van der Waals surface area contributed by atoms with Crippen LogP contribution < -0.4 is 10.6 Å². The number of primary amides is 1. The Kier molecular flexibility index (Phi) is 4.72. The SMILES string of the molecule is NC(=O)c1nc[nH]c1C(=O)N(c1nc2ccccc2[nH]1)c1ccccc1-c1ccccc1. The monoisotopic (exact) mass is 422 g/mol.